The van der Waals surface area contributed by atoms with Crippen LogP contribution >= 0.6 is 0 Å². The third-order valence-electron chi connectivity index (χ3n) is 4.93. The number of likely N-dealkylation sites (tertiary alicyclic amines) is 1. The van der Waals surface area contributed by atoms with E-state index in [0.29, 0.717) is 6.54 Å². The zero-order chi connectivity index (χ0) is 18.4. The predicted molar refractivity (Wildman–Crippen MR) is 104 cm³/mol. The van der Waals surface area contributed by atoms with Crippen molar-refractivity contribution in [3.05, 3.63) is 65.2 Å². The third-order valence-corrected chi connectivity index (χ3v) is 4.93. The first-order chi connectivity index (χ1) is 12.6. The molecule has 0 saturated carbocycles. The van der Waals surface area contributed by atoms with E-state index >= 15 is 0 Å². The minimum atomic E-state index is -0.0816. The van der Waals surface area contributed by atoms with Gasteiger partial charge in [-0.25, -0.2) is 0 Å². The molecule has 1 unspecified atom stereocenters. The molecule has 1 atom stereocenters. The molecule has 0 radical (unpaired) electrons. The second kappa shape index (κ2) is 8.86. The third kappa shape index (κ3) is 5.09. The van der Waals surface area contributed by atoms with Gasteiger partial charge in [-0.1, -0.05) is 47.5 Å². The lowest BCUT2D eigenvalue weighted by Gasteiger charge is -2.28. The zero-order valence-corrected chi connectivity index (χ0v) is 15.7. The van der Waals surface area contributed by atoms with Gasteiger partial charge in [-0.2, -0.15) is 0 Å². The van der Waals surface area contributed by atoms with Crippen molar-refractivity contribution in [2.75, 3.05) is 26.2 Å². The Morgan fingerprint density at radius 3 is 2.19 bits per heavy atom. The standard InChI is InChI=1S/C22H28N2O2/c1-17-5-9-19(10-6-17)21(24-13-3-4-14-24)15-23-22(25)16-26-20-11-7-18(2)8-12-20/h5-12,21H,3-4,13-16H2,1-2H3,(H,23,25). The summed E-state index contributed by atoms with van der Waals surface area (Å²) in [6, 6.07) is 16.6. The number of nitrogens with zero attached hydrogens (tertiary/aromatic N) is 1. The second-order valence-electron chi connectivity index (χ2n) is 7.08. The highest BCUT2D eigenvalue weighted by Gasteiger charge is 2.23. The van der Waals surface area contributed by atoms with Gasteiger partial charge in [0, 0.05) is 6.54 Å². The van der Waals surface area contributed by atoms with Gasteiger partial charge in [-0.15, -0.1) is 0 Å². The largest absolute Gasteiger partial charge is 0.484 e. The van der Waals surface area contributed by atoms with Crippen LogP contribution in [-0.4, -0.2) is 37.0 Å². The molecule has 3 rings (SSSR count). The SMILES string of the molecule is Cc1ccc(OCC(=O)NCC(c2ccc(C)cc2)N2CCCC2)cc1. The fourth-order valence-electron chi connectivity index (χ4n) is 3.34. The number of aryl methyl sites for hydroxylation is 2. The minimum Gasteiger partial charge on any atom is -0.484 e. The number of carbonyl (C=O) groups excluding carboxylic acids is 1. The van der Waals surface area contributed by atoms with Gasteiger partial charge in [-0.05, 0) is 57.5 Å². The molecule has 0 aliphatic carbocycles. The highest BCUT2D eigenvalue weighted by Crippen LogP contribution is 2.24. The summed E-state index contributed by atoms with van der Waals surface area (Å²) < 4.78 is 5.58. The molecular weight excluding hydrogens is 324 g/mol. The van der Waals surface area contributed by atoms with E-state index in [1.165, 1.54) is 29.5 Å². The predicted octanol–water partition coefficient (Wildman–Crippen LogP) is 3.64. The average Bonchev–Trinajstić information content (AvgIpc) is 3.17. The van der Waals surface area contributed by atoms with Crippen molar-refractivity contribution >= 4 is 5.91 Å². The maximum Gasteiger partial charge on any atom is 0.258 e. The fraction of sp³-hybridized carbons (Fsp3) is 0.409. The minimum absolute atomic E-state index is 0.0453. The molecule has 1 saturated heterocycles. The topological polar surface area (TPSA) is 41.6 Å². The average molecular weight is 352 g/mol. The number of ether oxygens (including phenoxy) is 1. The van der Waals surface area contributed by atoms with Gasteiger partial charge in [0.2, 0.25) is 0 Å². The van der Waals surface area contributed by atoms with E-state index in [1.807, 2.05) is 31.2 Å². The van der Waals surface area contributed by atoms with Crippen LogP contribution in [-0.2, 0) is 4.79 Å². The van der Waals surface area contributed by atoms with E-state index in [4.69, 9.17) is 4.74 Å². The van der Waals surface area contributed by atoms with E-state index in [2.05, 4.69) is 41.4 Å². The van der Waals surface area contributed by atoms with E-state index in [-0.39, 0.29) is 18.6 Å². The van der Waals surface area contributed by atoms with Crippen molar-refractivity contribution < 1.29 is 9.53 Å². The Hall–Kier alpha value is -2.33. The van der Waals surface area contributed by atoms with Crippen molar-refractivity contribution in [2.45, 2.75) is 32.7 Å². The number of amides is 1. The Morgan fingerprint density at radius 2 is 1.58 bits per heavy atom. The Kier molecular flexibility index (Phi) is 6.29. The van der Waals surface area contributed by atoms with Crippen molar-refractivity contribution in [1.29, 1.82) is 0 Å². The second-order valence-corrected chi connectivity index (χ2v) is 7.08. The number of hydrogen-bond donors (Lipinski definition) is 1. The van der Waals surface area contributed by atoms with Gasteiger partial charge in [0.05, 0.1) is 6.04 Å². The van der Waals surface area contributed by atoms with Crippen LogP contribution < -0.4 is 10.1 Å². The van der Waals surface area contributed by atoms with Crippen LogP contribution in [0.15, 0.2) is 48.5 Å². The van der Waals surface area contributed by atoms with Crippen LogP contribution in [0.1, 0.15) is 35.6 Å². The summed E-state index contributed by atoms with van der Waals surface area (Å²) >= 11 is 0. The summed E-state index contributed by atoms with van der Waals surface area (Å²) in [5.41, 5.74) is 3.69. The molecule has 0 aromatic heterocycles. The summed E-state index contributed by atoms with van der Waals surface area (Å²) in [4.78, 5) is 14.7. The molecule has 4 nitrogen and oxygen atoms in total. The molecule has 1 N–H and O–H groups in total. The summed E-state index contributed by atoms with van der Waals surface area (Å²) in [7, 11) is 0. The highest BCUT2D eigenvalue weighted by molar-refractivity contribution is 5.77. The smallest absolute Gasteiger partial charge is 0.258 e. The number of rotatable bonds is 7. The first kappa shape index (κ1) is 18.5. The number of nitrogens with one attached hydrogen (secondary N) is 1. The van der Waals surface area contributed by atoms with Crippen LogP contribution in [0.5, 0.6) is 5.75 Å². The van der Waals surface area contributed by atoms with E-state index in [9.17, 15) is 4.79 Å². The molecule has 1 amide bonds. The maximum atomic E-state index is 12.2. The van der Waals surface area contributed by atoms with Gasteiger partial charge < -0.3 is 10.1 Å². The lowest BCUT2D eigenvalue weighted by Crippen LogP contribution is -2.38. The molecule has 1 fully saturated rings. The Morgan fingerprint density at radius 1 is 1.00 bits per heavy atom. The fourth-order valence-corrected chi connectivity index (χ4v) is 3.34. The first-order valence-corrected chi connectivity index (χ1v) is 9.38. The van der Waals surface area contributed by atoms with Crippen LogP contribution in [0.25, 0.3) is 0 Å². The number of carbonyl (C=O) groups is 1. The first-order valence-electron chi connectivity index (χ1n) is 9.38. The lowest BCUT2D eigenvalue weighted by molar-refractivity contribution is -0.123. The normalized spacial score (nSPS) is 15.6. The van der Waals surface area contributed by atoms with Gasteiger partial charge in [0.15, 0.2) is 6.61 Å². The molecule has 2 aromatic carbocycles. The molecule has 26 heavy (non-hydrogen) atoms. The van der Waals surface area contributed by atoms with Crippen molar-refractivity contribution in [3.8, 4) is 5.75 Å². The number of benzene rings is 2. The summed E-state index contributed by atoms with van der Waals surface area (Å²) in [6.07, 6.45) is 2.46. The van der Waals surface area contributed by atoms with Gasteiger partial charge in [0.25, 0.3) is 5.91 Å². The molecule has 0 bridgehead atoms. The highest BCUT2D eigenvalue weighted by atomic mass is 16.5. The Bertz CT molecular complexity index is 704. The Balaban J connectivity index is 1.55. The molecular formula is C22H28N2O2. The molecule has 4 heteroatoms. The van der Waals surface area contributed by atoms with Crippen LogP contribution in [0.2, 0.25) is 0 Å². The number of hydrogen-bond acceptors (Lipinski definition) is 3. The molecule has 1 aliphatic heterocycles. The Labute approximate surface area is 156 Å². The van der Waals surface area contributed by atoms with Crippen LogP contribution in [0, 0.1) is 13.8 Å². The molecule has 138 valence electrons. The van der Waals surface area contributed by atoms with Gasteiger partial charge >= 0.3 is 0 Å². The van der Waals surface area contributed by atoms with Crippen LogP contribution in [0.4, 0.5) is 0 Å². The quantitative estimate of drug-likeness (QED) is 0.827. The van der Waals surface area contributed by atoms with Gasteiger partial charge in [-0.3, -0.25) is 9.69 Å². The van der Waals surface area contributed by atoms with Crippen molar-refractivity contribution in [1.82, 2.24) is 10.2 Å². The molecule has 1 heterocycles. The molecule has 2 aromatic rings. The lowest BCUT2D eigenvalue weighted by atomic mass is 10.0. The van der Waals surface area contributed by atoms with Crippen molar-refractivity contribution in [3.63, 3.8) is 0 Å². The van der Waals surface area contributed by atoms with Crippen LogP contribution in [0.3, 0.4) is 0 Å². The van der Waals surface area contributed by atoms with Crippen molar-refractivity contribution in [2.24, 2.45) is 0 Å². The summed E-state index contributed by atoms with van der Waals surface area (Å²) in [6.45, 7) is 6.96. The van der Waals surface area contributed by atoms with Gasteiger partial charge in [0.1, 0.15) is 5.75 Å². The van der Waals surface area contributed by atoms with E-state index in [1.54, 1.807) is 0 Å². The summed E-state index contributed by atoms with van der Waals surface area (Å²) in [5, 5.41) is 3.05. The molecule has 1 aliphatic rings. The zero-order valence-electron chi connectivity index (χ0n) is 15.7. The summed E-state index contributed by atoms with van der Waals surface area (Å²) in [5.74, 6) is 0.641. The maximum absolute atomic E-state index is 12.2. The molecule has 0 spiro atoms. The van der Waals surface area contributed by atoms with E-state index in [0.717, 1.165) is 18.8 Å². The monoisotopic (exact) mass is 352 g/mol. The van der Waals surface area contributed by atoms with E-state index < -0.39 is 0 Å².